The summed E-state index contributed by atoms with van der Waals surface area (Å²) in [6.45, 7) is 0. The Morgan fingerprint density at radius 3 is 1.34 bits per heavy atom. The molecule has 0 atom stereocenters. The second kappa shape index (κ2) is 16.3. The number of hydrogen-bond donors (Lipinski definition) is 0. The average molecular weight is 851 g/mol. The third-order valence-electron chi connectivity index (χ3n) is 11.9. The van der Waals surface area contributed by atoms with E-state index in [2.05, 4.69) is 173 Å². The Morgan fingerprint density at radius 2 is 0.785 bits per heavy atom. The summed E-state index contributed by atoms with van der Waals surface area (Å²) < 4.78 is 3.51. The zero-order valence-corrected chi connectivity index (χ0v) is 35.8. The molecule has 3 heterocycles. The summed E-state index contributed by atoms with van der Waals surface area (Å²) >= 11 is 1.73. The molecule has 0 radical (unpaired) electrons. The van der Waals surface area contributed by atoms with E-state index in [1.165, 1.54) is 10.8 Å². The number of rotatable bonds is 9. The molecule has 0 bridgehead atoms. The predicted molar refractivity (Wildman–Crippen MR) is 269 cm³/mol. The van der Waals surface area contributed by atoms with Gasteiger partial charge >= 0.3 is 0 Å². The molecule has 0 N–H and O–H groups in total. The lowest BCUT2D eigenvalue weighted by atomic mass is 10.0. The number of aromatic nitrogens is 5. The molecule has 6 nitrogen and oxygen atoms in total. The van der Waals surface area contributed by atoms with Gasteiger partial charge in [-0.1, -0.05) is 146 Å². The fourth-order valence-electron chi connectivity index (χ4n) is 8.70. The lowest BCUT2D eigenvalue weighted by Gasteiger charge is -2.25. The van der Waals surface area contributed by atoms with Gasteiger partial charge in [0.15, 0.2) is 17.5 Å². The Kier molecular flexibility index (Phi) is 9.58. The number of hydrogen-bond acceptors (Lipinski definition) is 6. The van der Waals surface area contributed by atoms with Crippen LogP contribution in [-0.2, 0) is 0 Å². The van der Waals surface area contributed by atoms with E-state index in [0.29, 0.717) is 17.5 Å². The smallest absolute Gasteiger partial charge is 0.164 e. The zero-order valence-electron chi connectivity index (χ0n) is 35.0. The van der Waals surface area contributed by atoms with Gasteiger partial charge in [-0.2, -0.15) is 0 Å². The lowest BCUT2D eigenvalue weighted by Crippen LogP contribution is -2.09. The first-order valence-electron chi connectivity index (χ1n) is 21.6. The molecule has 0 aliphatic heterocycles. The molecule has 9 aromatic carbocycles. The minimum atomic E-state index is 0.621. The van der Waals surface area contributed by atoms with Crippen LogP contribution >= 0.6 is 11.3 Å². The van der Waals surface area contributed by atoms with Crippen molar-refractivity contribution in [1.29, 1.82) is 0 Å². The van der Waals surface area contributed by atoms with Crippen molar-refractivity contribution in [2.24, 2.45) is 0 Å². The molecule has 0 fully saturated rings. The molecule has 7 heteroatoms. The summed E-state index contributed by atoms with van der Waals surface area (Å²) in [5.74, 6) is 1.90. The number of nitrogens with zero attached hydrogens (tertiary/aromatic N) is 6. The highest BCUT2D eigenvalue weighted by Gasteiger charge is 2.19. The SMILES string of the molecule is c1ccc(-c2nc(-c3ccccc3)nc(-c3ccc(-n4c5ccc(-c6ccc(N(c7ccccc7)c7ccccc7)cc6)cc5c5cc6sc(-c7ccccc7)nc6cc54)cc3)n2)cc1. The van der Waals surface area contributed by atoms with Crippen LogP contribution in [0.1, 0.15) is 0 Å². The molecule has 0 aliphatic rings. The maximum absolute atomic E-state index is 5.17. The van der Waals surface area contributed by atoms with Crippen LogP contribution in [0.25, 0.3) is 93.6 Å². The van der Waals surface area contributed by atoms with Gasteiger partial charge < -0.3 is 9.47 Å². The van der Waals surface area contributed by atoms with Gasteiger partial charge in [0, 0.05) is 55.8 Å². The largest absolute Gasteiger partial charge is 0.311 e. The summed E-state index contributed by atoms with van der Waals surface area (Å²) in [6, 6.07) is 80.6. The van der Waals surface area contributed by atoms with Gasteiger partial charge in [0.25, 0.3) is 0 Å². The third kappa shape index (κ3) is 7.20. The number of benzene rings is 9. The van der Waals surface area contributed by atoms with E-state index >= 15 is 0 Å². The van der Waals surface area contributed by atoms with Crippen LogP contribution < -0.4 is 4.90 Å². The molecule has 306 valence electrons. The fraction of sp³-hybridized carbons (Fsp3) is 0. The Morgan fingerprint density at radius 1 is 0.338 bits per heavy atom. The highest BCUT2D eigenvalue weighted by molar-refractivity contribution is 7.21. The van der Waals surface area contributed by atoms with Gasteiger partial charge in [0.2, 0.25) is 0 Å². The molecule has 12 aromatic rings. The monoisotopic (exact) mass is 850 g/mol. The van der Waals surface area contributed by atoms with Crippen LogP contribution in [0.3, 0.4) is 0 Å². The van der Waals surface area contributed by atoms with Gasteiger partial charge in [-0.25, -0.2) is 19.9 Å². The van der Waals surface area contributed by atoms with E-state index in [1.807, 2.05) is 66.7 Å². The molecule has 0 saturated heterocycles. The van der Waals surface area contributed by atoms with E-state index in [9.17, 15) is 0 Å². The van der Waals surface area contributed by atoms with E-state index in [-0.39, 0.29) is 0 Å². The molecule has 0 spiro atoms. The van der Waals surface area contributed by atoms with Crippen molar-refractivity contribution < 1.29 is 0 Å². The number of anilines is 3. The quantitative estimate of drug-likeness (QED) is 0.145. The molecule has 0 unspecified atom stereocenters. The maximum atomic E-state index is 5.17. The summed E-state index contributed by atoms with van der Waals surface area (Å²) in [5, 5.41) is 3.36. The number of para-hydroxylation sites is 2. The highest BCUT2D eigenvalue weighted by atomic mass is 32.1. The van der Waals surface area contributed by atoms with Gasteiger partial charge in [0.1, 0.15) is 5.01 Å². The minimum absolute atomic E-state index is 0.621. The second-order valence-corrected chi connectivity index (χ2v) is 17.0. The standard InChI is InChI=1S/C58H38N6S/c1-6-16-40(17-7-1)55-60-56(41-18-8-2-9-19-41)62-57(61-55)42-28-33-48(34-29-42)64-52-35-30-44(36-49(52)50-37-54-51(38-53(50)64)59-58(65-54)43-20-10-3-11-21-43)39-26-31-47(32-27-39)63(45-22-12-4-13-23-45)46-24-14-5-15-25-46/h1-38H. The Balaban J connectivity index is 0.975. The molecule has 12 rings (SSSR count). The average Bonchev–Trinajstić information content (AvgIpc) is 3.95. The van der Waals surface area contributed by atoms with Crippen LogP contribution in [0.5, 0.6) is 0 Å². The molecular formula is C58H38N6S. The van der Waals surface area contributed by atoms with E-state index < -0.39 is 0 Å². The lowest BCUT2D eigenvalue weighted by molar-refractivity contribution is 1.07. The first kappa shape index (κ1) is 38.2. The summed E-state index contributed by atoms with van der Waals surface area (Å²) in [5.41, 5.74) is 13.7. The van der Waals surface area contributed by atoms with Crippen molar-refractivity contribution in [2.75, 3.05) is 4.90 Å². The van der Waals surface area contributed by atoms with Gasteiger partial charge in [-0.3, -0.25) is 0 Å². The van der Waals surface area contributed by atoms with Crippen molar-refractivity contribution >= 4 is 60.4 Å². The Hall–Kier alpha value is -8.52. The third-order valence-corrected chi connectivity index (χ3v) is 12.9. The Bertz CT molecular complexity index is 3510. The van der Waals surface area contributed by atoms with E-state index in [4.69, 9.17) is 19.9 Å². The van der Waals surface area contributed by atoms with Gasteiger partial charge in [0.05, 0.1) is 21.3 Å². The molecule has 65 heavy (non-hydrogen) atoms. The van der Waals surface area contributed by atoms with Crippen molar-refractivity contribution in [1.82, 2.24) is 24.5 Å². The van der Waals surface area contributed by atoms with Crippen LogP contribution in [0.2, 0.25) is 0 Å². The minimum Gasteiger partial charge on any atom is -0.311 e. The molecule has 3 aromatic heterocycles. The molecule has 0 saturated carbocycles. The maximum Gasteiger partial charge on any atom is 0.164 e. The molecule has 0 aliphatic carbocycles. The predicted octanol–water partition coefficient (Wildman–Crippen LogP) is 15.4. The molecular weight excluding hydrogens is 813 g/mol. The number of fused-ring (bicyclic) bond motifs is 4. The van der Waals surface area contributed by atoms with Crippen molar-refractivity contribution in [3.05, 3.63) is 231 Å². The van der Waals surface area contributed by atoms with Crippen molar-refractivity contribution in [3.63, 3.8) is 0 Å². The number of thiazole rings is 1. The first-order chi connectivity index (χ1) is 32.2. The summed E-state index contributed by atoms with van der Waals surface area (Å²) in [6.07, 6.45) is 0. The van der Waals surface area contributed by atoms with Crippen LogP contribution in [-0.4, -0.2) is 24.5 Å². The van der Waals surface area contributed by atoms with Gasteiger partial charge in [-0.05, 0) is 96.1 Å². The summed E-state index contributed by atoms with van der Waals surface area (Å²) in [4.78, 5) is 22.4. The van der Waals surface area contributed by atoms with Crippen LogP contribution in [0, 0.1) is 0 Å². The molecule has 0 amide bonds. The normalized spacial score (nSPS) is 11.4. The van der Waals surface area contributed by atoms with Crippen molar-refractivity contribution in [2.45, 2.75) is 0 Å². The van der Waals surface area contributed by atoms with E-state index in [0.717, 1.165) is 82.4 Å². The van der Waals surface area contributed by atoms with E-state index in [1.54, 1.807) is 11.3 Å². The second-order valence-electron chi connectivity index (χ2n) is 15.9. The van der Waals surface area contributed by atoms with Crippen LogP contribution in [0.4, 0.5) is 17.1 Å². The fourth-order valence-corrected chi connectivity index (χ4v) is 9.70. The Labute approximate surface area is 380 Å². The highest BCUT2D eigenvalue weighted by Crippen LogP contribution is 2.41. The van der Waals surface area contributed by atoms with Crippen LogP contribution in [0.15, 0.2) is 231 Å². The summed E-state index contributed by atoms with van der Waals surface area (Å²) in [7, 11) is 0. The zero-order chi connectivity index (χ0) is 43.1. The van der Waals surface area contributed by atoms with Gasteiger partial charge in [-0.15, -0.1) is 11.3 Å². The topological polar surface area (TPSA) is 59.7 Å². The first-order valence-corrected chi connectivity index (χ1v) is 22.4. The van der Waals surface area contributed by atoms with Crippen molar-refractivity contribution in [3.8, 4) is 61.5 Å².